The number of rotatable bonds is 4. The van der Waals surface area contributed by atoms with Crippen molar-refractivity contribution in [2.24, 2.45) is 0 Å². The highest BCUT2D eigenvalue weighted by atomic mass is 16.1. The summed E-state index contributed by atoms with van der Waals surface area (Å²) in [5, 5.41) is 7.51. The van der Waals surface area contributed by atoms with Crippen molar-refractivity contribution in [1.82, 2.24) is 0 Å². The maximum Gasteiger partial charge on any atom is 0.160 e. The number of carbonyl (C=O) groups excluding carboxylic acids is 1. The van der Waals surface area contributed by atoms with Gasteiger partial charge in [0.05, 0.1) is 0 Å². The predicted molar refractivity (Wildman–Crippen MR) is 78.3 cm³/mol. The zero-order valence-corrected chi connectivity index (χ0v) is 11.2. The minimum absolute atomic E-state index is 0.0484. The van der Waals surface area contributed by atoms with Gasteiger partial charge in [-0.2, -0.15) is 0 Å². The number of benzene rings is 2. The van der Waals surface area contributed by atoms with Gasteiger partial charge in [-0.3, -0.25) is 4.79 Å². The molecule has 96 valence electrons. The minimum atomic E-state index is 0.0484. The van der Waals surface area contributed by atoms with E-state index in [9.17, 15) is 4.79 Å². The lowest BCUT2D eigenvalue weighted by Crippen LogP contribution is -2.05. The molecule has 0 radical (unpaired) electrons. The van der Waals surface area contributed by atoms with Gasteiger partial charge in [-0.05, 0) is 42.5 Å². The summed E-state index contributed by atoms with van der Waals surface area (Å²) in [6, 6.07) is 13.7. The summed E-state index contributed by atoms with van der Waals surface area (Å²) in [7, 11) is 0. The van der Waals surface area contributed by atoms with Crippen LogP contribution in [-0.2, 0) is 6.42 Å². The summed E-state index contributed by atoms with van der Waals surface area (Å²) in [5.41, 5.74) is 4.87. The maximum absolute atomic E-state index is 11.7. The first-order valence-electron chi connectivity index (χ1n) is 6.31. The van der Waals surface area contributed by atoms with Crippen LogP contribution in [-0.4, -0.2) is 12.0 Å². The fourth-order valence-corrected chi connectivity index (χ4v) is 2.27. The van der Waals surface area contributed by atoms with Crippen LogP contribution in [0.1, 0.15) is 39.5 Å². The Labute approximate surface area is 113 Å². The van der Waals surface area contributed by atoms with E-state index in [1.165, 1.54) is 17.3 Å². The molecule has 0 bridgehead atoms. The van der Waals surface area contributed by atoms with Gasteiger partial charge in [0.2, 0.25) is 0 Å². The number of nitrogens with one attached hydrogen (secondary N) is 1. The number of carbonyl (C=O) groups is 1. The summed E-state index contributed by atoms with van der Waals surface area (Å²) < 4.78 is 0. The Bertz CT molecular complexity index is 629. The average Bonchev–Trinajstić information content (AvgIpc) is 2.41. The molecule has 0 heterocycles. The Balaban J connectivity index is 2.52. The lowest BCUT2D eigenvalue weighted by molar-refractivity contribution is 0.101. The second-order valence-electron chi connectivity index (χ2n) is 4.68. The van der Waals surface area contributed by atoms with Gasteiger partial charge < -0.3 is 5.41 Å². The summed E-state index contributed by atoms with van der Waals surface area (Å²) in [5.74, 6) is 0.0484. The molecule has 2 heteroatoms. The summed E-state index contributed by atoms with van der Waals surface area (Å²) in [6.45, 7) is 3.64. The van der Waals surface area contributed by atoms with E-state index < -0.39 is 0 Å². The van der Waals surface area contributed by atoms with E-state index in [0.717, 1.165) is 11.1 Å². The van der Waals surface area contributed by atoms with Crippen molar-refractivity contribution >= 4 is 12.0 Å². The molecule has 0 saturated carbocycles. The van der Waals surface area contributed by atoms with Gasteiger partial charge >= 0.3 is 0 Å². The molecule has 0 aliphatic rings. The highest BCUT2D eigenvalue weighted by Gasteiger charge is 2.12. The Morgan fingerprint density at radius 2 is 1.89 bits per heavy atom. The molecule has 0 atom stereocenters. The third-order valence-corrected chi connectivity index (χ3v) is 3.38. The standard InChI is InChI=1S/C17H17NO/c1-12-6-3-4-7-14(12)10-17-15(11-18)8-5-9-16(17)13(2)19/h3-9,11,18H,10H2,1-2H3. The first kappa shape index (κ1) is 13.2. The fraction of sp³-hybridized carbons (Fsp3) is 0.176. The molecule has 0 fully saturated rings. The van der Waals surface area contributed by atoms with E-state index in [2.05, 4.69) is 19.1 Å². The van der Waals surface area contributed by atoms with E-state index in [0.29, 0.717) is 12.0 Å². The van der Waals surface area contributed by atoms with Crippen molar-refractivity contribution in [1.29, 1.82) is 5.41 Å². The zero-order chi connectivity index (χ0) is 13.8. The number of ketones is 1. The Kier molecular flexibility index (Phi) is 3.91. The van der Waals surface area contributed by atoms with Crippen LogP contribution in [0.15, 0.2) is 42.5 Å². The highest BCUT2D eigenvalue weighted by molar-refractivity contribution is 5.98. The molecule has 0 unspecified atom stereocenters. The van der Waals surface area contributed by atoms with Crippen LogP contribution in [0.4, 0.5) is 0 Å². The Morgan fingerprint density at radius 1 is 1.16 bits per heavy atom. The van der Waals surface area contributed by atoms with Gasteiger partial charge in [0, 0.05) is 11.8 Å². The topological polar surface area (TPSA) is 40.9 Å². The second kappa shape index (κ2) is 5.61. The molecule has 1 N–H and O–H groups in total. The molecule has 0 spiro atoms. The van der Waals surface area contributed by atoms with Crippen molar-refractivity contribution in [3.63, 3.8) is 0 Å². The smallest absolute Gasteiger partial charge is 0.160 e. The third-order valence-electron chi connectivity index (χ3n) is 3.38. The largest absolute Gasteiger partial charge is 0.308 e. The van der Waals surface area contributed by atoms with Gasteiger partial charge in [-0.25, -0.2) is 0 Å². The molecule has 2 aromatic carbocycles. The van der Waals surface area contributed by atoms with Crippen molar-refractivity contribution in [3.8, 4) is 0 Å². The quantitative estimate of drug-likeness (QED) is 0.652. The molecule has 0 aromatic heterocycles. The highest BCUT2D eigenvalue weighted by Crippen LogP contribution is 2.20. The maximum atomic E-state index is 11.7. The third kappa shape index (κ3) is 2.79. The van der Waals surface area contributed by atoms with Gasteiger partial charge in [0.1, 0.15) is 0 Å². The first-order valence-corrected chi connectivity index (χ1v) is 6.31. The predicted octanol–water partition coefficient (Wildman–Crippen LogP) is 3.79. The van der Waals surface area contributed by atoms with E-state index in [-0.39, 0.29) is 5.78 Å². The SMILES string of the molecule is CC(=O)c1cccc(C=N)c1Cc1ccccc1C. The minimum Gasteiger partial charge on any atom is -0.308 e. The first-order chi connectivity index (χ1) is 9.13. The lowest BCUT2D eigenvalue weighted by Gasteiger charge is -2.12. The summed E-state index contributed by atoms with van der Waals surface area (Å²) in [4.78, 5) is 11.7. The van der Waals surface area contributed by atoms with Crippen molar-refractivity contribution in [2.75, 3.05) is 0 Å². The van der Waals surface area contributed by atoms with Crippen LogP contribution in [0.25, 0.3) is 0 Å². The second-order valence-corrected chi connectivity index (χ2v) is 4.68. The normalized spacial score (nSPS) is 10.2. The van der Waals surface area contributed by atoms with Crippen LogP contribution >= 0.6 is 0 Å². The van der Waals surface area contributed by atoms with Crippen LogP contribution in [0.5, 0.6) is 0 Å². The Hall–Kier alpha value is -2.22. The van der Waals surface area contributed by atoms with Gasteiger partial charge in [0.25, 0.3) is 0 Å². The average molecular weight is 251 g/mol. The van der Waals surface area contributed by atoms with Crippen LogP contribution < -0.4 is 0 Å². The number of Topliss-reactive ketones (excluding diaryl/α,β-unsaturated/α-hetero) is 1. The van der Waals surface area contributed by atoms with E-state index in [4.69, 9.17) is 5.41 Å². The van der Waals surface area contributed by atoms with Crippen LogP contribution in [0.3, 0.4) is 0 Å². The Morgan fingerprint density at radius 3 is 2.53 bits per heavy atom. The zero-order valence-electron chi connectivity index (χ0n) is 11.2. The van der Waals surface area contributed by atoms with E-state index in [1.54, 1.807) is 6.92 Å². The van der Waals surface area contributed by atoms with Crippen LogP contribution in [0, 0.1) is 12.3 Å². The summed E-state index contributed by atoms with van der Waals surface area (Å²) >= 11 is 0. The monoisotopic (exact) mass is 251 g/mol. The van der Waals surface area contributed by atoms with Crippen molar-refractivity contribution in [2.45, 2.75) is 20.3 Å². The number of aryl methyl sites for hydroxylation is 1. The molecule has 19 heavy (non-hydrogen) atoms. The molecule has 0 saturated heterocycles. The molecule has 2 aromatic rings. The molecule has 0 amide bonds. The fourth-order valence-electron chi connectivity index (χ4n) is 2.27. The lowest BCUT2D eigenvalue weighted by atomic mass is 9.92. The van der Waals surface area contributed by atoms with Crippen molar-refractivity contribution in [3.05, 3.63) is 70.3 Å². The van der Waals surface area contributed by atoms with Crippen LogP contribution in [0.2, 0.25) is 0 Å². The molecular formula is C17H17NO. The van der Waals surface area contributed by atoms with E-state index >= 15 is 0 Å². The molecule has 2 nitrogen and oxygen atoms in total. The number of hydrogen-bond donors (Lipinski definition) is 1. The molecular weight excluding hydrogens is 234 g/mol. The summed E-state index contributed by atoms with van der Waals surface area (Å²) in [6.07, 6.45) is 2.01. The van der Waals surface area contributed by atoms with Crippen molar-refractivity contribution < 1.29 is 4.79 Å². The molecule has 2 rings (SSSR count). The number of hydrogen-bond acceptors (Lipinski definition) is 2. The van der Waals surface area contributed by atoms with E-state index in [1.807, 2.05) is 30.3 Å². The van der Waals surface area contributed by atoms with Gasteiger partial charge in [-0.15, -0.1) is 0 Å². The van der Waals surface area contributed by atoms with Gasteiger partial charge in [0.15, 0.2) is 5.78 Å². The molecule has 0 aliphatic carbocycles. The van der Waals surface area contributed by atoms with Gasteiger partial charge in [-0.1, -0.05) is 42.5 Å². The molecule has 0 aliphatic heterocycles.